The van der Waals surface area contributed by atoms with E-state index in [2.05, 4.69) is 23.1 Å². The lowest BCUT2D eigenvalue weighted by molar-refractivity contribution is -0.136. The Balaban J connectivity index is 2.11. The van der Waals surface area contributed by atoms with Crippen LogP contribution >= 0.6 is 0 Å². The summed E-state index contributed by atoms with van der Waals surface area (Å²) < 4.78 is 1.81. The fraction of sp³-hybridized carbons (Fsp3) is 0.278. The van der Waals surface area contributed by atoms with E-state index in [1.165, 1.54) is 0 Å². The summed E-state index contributed by atoms with van der Waals surface area (Å²) in [6, 6.07) is 10.1. The number of aromatic nitrogens is 3. The summed E-state index contributed by atoms with van der Waals surface area (Å²) >= 11 is 0. The third-order valence-electron chi connectivity index (χ3n) is 4.17. The first-order valence-corrected chi connectivity index (χ1v) is 7.61. The molecule has 5 nitrogen and oxygen atoms in total. The number of rotatable bonds is 4. The van der Waals surface area contributed by atoms with E-state index in [1.807, 2.05) is 42.6 Å². The number of carbonyl (C=O) groups is 1. The van der Waals surface area contributed by atoms with Crippen LogP contribution < -0.4 is 0 Å². The molecule has 2 aromatic heterocycles. The third-order valence-corrected chi connectivity index (χ3v) is 4.17. The average molecular weight is 309 g/mol. The minimum atomic E-state index is -0.801. The first-order valence-electron chi connectivity index (χ1n) is 7.61. The topological polar surface area (TPSA) is 67.5 Å². The molecule has 0 saturated heterocycles. The number of hydrogen-bond acceptors (Lipinski definition) is 3. The van der Waals surface area contributed by atoms with Crippen LogP contribution in [0, 0.1) is 20.8 Å². The zero-order chi connectivity index (χ0) is 16.6. The molecule has 5 heteroatoms. The predicted octanol–water partition coefficient (Wildman–Crippen LogP) is 3.34. The van der Waals surface area contributed by atoms with Crippen molar-refractivity contribution in [2.75, 3.05) is 0 Å². The summed E-state index contributed by atoms with van der Waals surface area (Å²) in [5.41, 5.74) is 6.70. The highest BCUT2D eigenvalue weighted by Gasteiger charge is 2.14. The number of hydrogen-bond donors (Lipinski definition) is 1. The van der Waals surface area contributed by atoms with Crippen LogP contribution in [0.1, 0.15) is 28.9 Å². The number of fused-ring (bicyclic) bond motifs is 1. The van der Waals surface area contributed by atoms with Crippen LogP contribution in [0.25, 0.3) is 16.9 Å². The lowest BCUT2D eigenvalue weighted by atomic mass is 10.1. The maximum absolute atomic E-state index is 10.8. The molecule has 0 aliphatic rings. The first-order chi connectivity index (χ1) is 11.0. The van der Waals surface area contributed by atoms with Gasteiger partial charge in [0, 0.05) is 29.4 Å². The molecule has 0 aliphatic heterocycles. The van der Waals surface area contributed by atoms with Crippen LogP contribution in [0.2, 0.25) is 0 Å². The van der Waals surface area contributed by atoms with Crippen molar-refractivity contribution in [2.45, 2.75) is 33.6 Å². The van der Waals surface area contributed by atoms with E-state index in [-0.39, 0.29) is 6.42 Å². The van der Waals surface area contributed by atoms with Gasteiger partial charge < -0.3 is 5.11 Å². The second kappa shape index (κ2) is 5.83. The van der Waals surface area contributed by atoms with Gasteiger partial charge in [0.05, 0.1) is 5.69 Å². The number of carboxylic acids is 1. The number of benzene rings is 1. The van der Waals surface area contributed by atoms with Crippen LogP contribution in [0.3, 0.4) is 0 Å². The molecule has 2 heterocycles. The summed E-state index contributed by atoms with van der Waals surface area (Å²) in [4.78, 5) is 15.4. The molecule has 0 atom stereocenters. The van der Waals surface area contributed by atoms with Crippen LogP contribution in [0.15, 0.2) is 30.3 Å². The Hall–Kier alpha value is -2.69. The second-order valence-electron chi connectivity index (χ2n) is 5.77. The van der Waals surface area contributed by atoms with Gasteiger partial charge in [-0.15, -0.1) is 0 Å². The first kappa shape index (κ1) is 15.2. The zero-order valence-electron chi connectivity index (χ0n) is 13.5. The molecule has 0 radical (unpaired) electrons. The molecule has 1 N–H and O–H groups in total. The molecule has 0 unspecified atom stereocenters. The number of carboxylic acid groups (broad SMARTS) is 1. The van der Waals surface area contributed by atoms with Crippen molar-refractivity contribution >= 4 is 11.6 Å². The molecule has 3 aromatic rings. The van der Waals surface area contributed by atoms with Gasteiger partial charge in [-0.2, -0.15) is 5.10 Å². The lowest BCUT2D eigenvalue weighted by Gasteiger charge is -2.09. The van der Waals surface area contributed by atoms with Gasteiger partial charge >= 0.3 is 5.97 Å². The molecule has 0 aliphatic carbocycles. The van der Waals surface area contributed by atoms with Gasteiger partial charge in [-0.1, -0.05) is 24.3 Å². The summed E-state index contributed by atoms with van der Waals surface area (Å²) in [6.45, 7) is 5.95. The SMILES string of the molecule is Cc1ccccc1-c1cc2nc(C)c(CCC(=O)O)c(C)n2n1. The minimum absolute atomic E-state index is 0.0980. The fourth-order valence-electron chi connectivity index (χ4n) is 2.91. The highest BCUT2D eigenvalue weighted by Crippen LogP contribution is 2.24. The number of aryl methyl sites for hydroxylation is 3. The molecule has 1 aromatic carbocycles. The standard InChI is InChI=1S/C18H19N3O2/c1-11-6-4-5-7-14(11)16-10-17-19-12(2)15(8-9-18(22)23)13(3)21(17)20-16/h4-7,10H,8-9H2,1-3H3,(H,22,23). The van der Waals surface area contributed by atoms with Crippen LogP contribution in [-0.2, 0) is 11.2 Å². The van der Waals surface area contributed by atoms with Gasteiger partial charge in [0.25, 0.3) is 0 Å². The summed E-state index contributed by atoms with van der Waals surface area (Å²) in [7, 11) is 0. The van der Waals surface area contributed by atoms with Crippen LogP contribution in [0.4, 0.5) is 0 Å². The van der Waals surface area contributed by atoms with Crippen molar-refractivity contribution < 1.29 is 9.90 Å². The zero-order valence-corrected chi connectivity index (χ0v) is 13.5. The molecule has 0 bridgehead atoms. The molecule has 118 valence electrons. The van der Waals surface area contributed by atoms with Gasteiger partial charge in [0.15, 0.2) is 5.65 Å². The Kier molecular flexibility index (Phi) is 3.86. The van der Waals surface area contributed by atoms with Gasteiger partial charge in [-0.05, 0) is 38.3 Å². The van der Waals surface area contributed by atoms with E-state index in [0.29, 0.717) is 6.42 Å². The Bertz CT molecular complexity index is 897. The second-order valence-corrected chi connectivity index (χ2v) is 5.77. The van der Waals surface area contributed by atoms with Crippen molar-refractivity contribution in [3.8, 4) is 11.3 Å². The maximum Gasteiger partial charge on any atom is 0.303 e. The highest BCUT2D eigenvalue weighted by atomic mass is 16.4. The number of nitrogens with zero attached hydrogens (tertiary/aromatic N) is 3. The molecule has 0 amide bonds. The van der Waals surface area contributed by atoms with Crippen molar-refractivity contribution in [1.82, 2.24) is 14.6 Å². The maximum atomic E-state index is 10.8. The lowest BCUT2D eigenvalue weighted by Crippen LogP contribution is -2.07. The van der Waals surface area contributed by atoms with Crippen molar-refractivity contribution in [3.05, 3.63) is 52.8 Å². The predicted molar refractivity (Wildman–Crippen MR) is 88.6 cm³/mol. The molecule has 23 heavy (non-hydrogen) atoms. The van der Waals surface area contributed by atoms with E-state index in [4.69, 9.17) is 5.11 Å². The van der Waals surface area contributed by atoms with E-state index in [9.17, 15) is 4.79 Å². The van der Waals surface area contributed by atoms with Gasteiger partial charge in [0.2, 0.25) is 0 Å². The quantitative estimate of drug-likeness (QED) is 0.802. The van der Waals surface area contributed by atoms with Gasteiger partial charge in [0.1, 0.15) is 0 Å². The monoisotopic (exact) mass is 309 g/mol. The Morgan fingerprint density at radius 3 is 2.65 bits per heavy atom. The highest BCUT2D eigenvalue weighted by molar-refractivity contribution is 5.68. The van der Waals surface area contributed by atoms with Crippen molar-refractivity contribution in [3.63, 3.8) is 0 Å². The largest absolute Gasteiger partial charge is 0.481 e. The molecule has 0 spiro atoms. The Labute approximate surface area is 134 Å². The Morgan fingerprint density at radius 1 is 1.22 bits per heavy atom. The number of aliphatic carboxylic acids is 1. The van der Waals surface area contributed by atoms with Gasteiger partial charge in [-0.3, -0.25) is 4.79 Å². The summed E-state index contributed by atoms with van der Waals surface area (Å²) in [5.74, 6) is -0.801. The molecular weight excluding hydrogens is 290 g/mol. The van der Waals surface area contributed by atoms with Gasteiger partial charge in [-0.25, -0.2) is 9.50 Å². The van der Waals surface area contributed by atoms with E-state index < -0.39 is 5.97 Å². The fourth-order valence-corrected chi connectivity index (χ4v) is 2.91. The Morgan fingerprint density at radius 2 is 1.96 bits per heavy atom. The third kappa shape index (κ3) is 2.82. The van der Waals surface area contributed by atoms with Crippen molar-refractivity contribution in [1.29, 1.82) is 0 Å². The molecule has 3 rings (SSSR count). The average Bonchev–Trinajstić information content (AvgIpc) is 2.91. The molecule has 0 saturated carbocycles. The van der Waals surface area contributed by atoms with E-state index >= 15 is 0 Å². The molecule has 0 fully saturated rings. The van der Waals surface area contributed by atoms with E-state index in [0.717, 1.165) is 39.4 Å². The smallest absolute Gasteiger partial charge is 0.303 e. The summed E-state index contributed by atoms with van der Waals surface area (Å²) in [6.07, 6.45) is 0.566. The normalized spacial score (nSPS) is 11.1. The molecular formula is C18H19N3O2. The summed E-state index contributed by atoms with van der Waals surface area (Å²) in [5, 5.41) is 13.6. The minimum Gasteiger partial charge on any atom is -0.481 e. The van der Waals surface area contributed by atoms with Crippen molar-refractivity contribution in [2.24, 2.45) is 0 Å². The van der Waals surface area contributed by atoms with Crippen LogP contribution in [0.5, 0.6) is 0 Å². The van der Waals surface area contributed by atoms with E-state index in [1.54, 1.807) is 0 Å². The van der Waals surface area contributed by atoms with Crippen LogP contribution in [-0.4, -0.2) is 25.7 Å².